The molecule has 0 spiro atoms. The van der Waals surface area contributed by atoms with Crippen molar-refractivity contribution in [2.75, 3.05) is 39.3 Å². The van der Waals surface area contributed by atoms with Gasteiger partial charge in [-0.3, -0.25) is 9.69 Å². The van der Waals surface area contributed by atoms with Crippen molar-refractivity contribution in [3.63, 3.8) is 0 Å². The summed E-state index contributed by atoms with van der Waals surface area (Å²) >= 11 is 0. The number of rotatable bonds is 12. The van der Waals surface area contributed by atoms with E-state index in [2.05, 4.69) is 11.8 Å². The van der Waals surface area contributed by atoms with Gasteiger partial charge in [-0.15, -0.1) is 0 Å². The monoisotopic (exact) mass is 446 g/mol. The molecule has 0 saturated carbocycles. The highest BCUT2D eigenvalue weighted by Gasteiger charge is 2.38. The van der Waals surface area contributed by atoms with Gasteiger partial charge in [-0.25, -0.2) is 4.79 Å². The van der Waals surface area contributed by atoms with Crippen LogP contribution in [-0.4, -0.2) is 66.6 Å². The van der Waals surface area contributed by atoms with E-state index in [9.17, 15) is 9.59 Å². The van der Waals surface area contributed by atoms with E-state index < -0.39 is 11.0 Å². The number of hydrogen-bond donors (Lipinski definition) is 0. The van der Waals surface area contributed by atoms with Crippen LogP contribution in [0.2, 0.25) is 0 Å². The Morgan fingerprint density at radius 3 is 2.19 bits per heavy atom. The molecule has 6 nitrogen and oxygen atoms in total. The highest BCUT2D eigenvalue weighted by Crippen LogP contribution is 2.27. The fourth-order valence-corrected chi connectivity index (χ4v) is 4.14. The van der Waals surface area contributed by atoms with E-state index in [4.69, 9.17) is 9.47 Å². The number of hydrogen-bond acceptors (Lipinski definition) is 5. The Bertz CT molecular complexity index is 714. The van der Waals surface area contributed by atoms with Gasteiger partial charge in [0.2, 0.25) is 5.91 Å². The largest absolute Gasteiger partial charge is 0.459 e. The lowest BCUT2D eigenvalue weighted by molar-refractivity contribution is -0.174. The number of nitrogens with zero attached hydrogens (tertiary/aromatic N) is 2. The van der Waals surface area contributed by atoms with Crippen LogP contribution in [0.5, 0.6) is 0 Å². The third-order valence-electron chi connectivity index (χ3n) is 6.30. The van der Waals surface area contributed by atoms with Crippen molar-refractivity contribution in [2.24, 2.45) is 5.41 Å². The second-order valence-electron chi connectivity index (χ2n) is 9.66. The first-order chi connectivity index (χ1) is 15.2. The third kappa shape index (κ3) is 7.59. The molecule has 1 unspecified atom stereocenters. The van der Waals surface area contributed by atoms with Gasteiger partial charge in [-0.2, -0.15) is 0 Å². The van der Waals surface area contributed by atoms with Crippen LogP contribution in [0.4, 0.5) is 0 Å². The summed E-state index contributed by atoms with van der Waals surface area (Å²) in [5.41, 5.74) is -0.590. The topological polar surface area (TPSA) is 59.1 Å². The summed E-state index contributed by atoms with van der Waals surface area (Å²) in [6.45, 7) is 15.1. The maximum Gasteiger partial charge on any atom is 0.338 e. The number of benzene rings is 1. The molecule has 1 aromatic carbocycles. The summed E-state index contributed by atoms with van der Waals surface area (Å²) in [7, 11) is 0. The SMILES string of the molecule is CCCN1CCN(C(=O)C(C)(C)CCOC(C)(CCC)C(=O)OCc2ccccc2)CC1. The molecule has 0 aliphatic carbocycles. The summed E-state index contributed by atoms with van der Waals surface area (Å²) in [4.78, 5) is 30.3. The molecule has 0 aromatic heterocycles. The molecule has 2 rings (SSSR count). The Morgan fingerprint density at radius 2 is 1.59 bits per heavy atom. The molecule has 1 saturated heterocycles. The van der Waals surface area contributed by atoms with Gasteiger partial charge in [-0.05, 0) is 38.3 Å². The van der Waals surface area contributed by atoms with Gasteiger partial charge in [-0.1, -0.05) is 64.4 Å². The van der Waals surface area contributed by atoms with Crippen LogP contribution in [0.15, 0.2) is 30.3 Å². The Balaban J connectivity index is 1.86. The van der Waals surface area contributed by atoms with Crippen molar-refractivity contribution in [1.29, 1.82) is 0 Å². The van der Waals surface area contributed by atoms with Crippen molar-refractivity contribution >= 4 is 11.9 Å². The van der Waals surface area contributed by atoms with E-state index >= 15 is 0 Å². The van der Waals surface area contributed by atoms with Crippen molar-refractivity contribution in [3.05, 3.63) is 35.9 Å². The maximum absolute atomic E-state index is 13.1. The molecule has 1 heterocycles. The molecule has 1 amide bonds. The predicted molar refractivity (Wildman–Crippen MR) is 127 cm³/mol. The van der Waals surface area contributed by atoms with Gasteiger partial charge in [0, 0.05) is 38.2 Å². The molecule has 1 aromatic rings. The average Bonchev–Trinajstić information content (AvgIpc) is 2.78. The van der Waals surface area contributed by atoms with Crippen molar-refractivity contribution in [1.82, 2.24) is 9.80 Å². The number of esters is 1. The van der Waals surface area contributed by atoms with Crippen molar-refractivity contribution in [3.8, 4) is 0 Å². The highest BCUT2D eigenvalue weighted by molar-refractivity contribution is 5.82. The van der Waals surface area contributed by atoms with Gasteiger partial charge in [0.15, 0.2) is 5.60 Å². The van der Waals surface area contributed by atoms with Crippen molar-refractivity contribution < 1.29 is 19.1 Å². The van der Waals surface area contributed by atoms with E-state index in [0.717, 1.165) is 51.1 Å². The summed E-state index contributed by atoms with van der Waals surface area (Å²) in [6.07, 6.45) is 3.09. The number of amides is 1. The van der Waals surface area contributed by atoms with Crippen LogP contribution in [-0.2, 0) is 25.7 Å². The Labute approximate surface area is 194 Å². The molecule has 6 heteroatoms. The molecule has 180 valence electrons. The van der Waals surface area contributed by atoms with Crippen LogP contribution in [0.1, 0.15) is 65.9 Å². The summed E-state index contributed by atoms with van der Waals surface area (Å²) in [6, 6.07) is 9.65. The molecule has 32 heavy (non-hydrogen) atoms. The molecule has 1 aliphatic heterocycles. The van der Waals surface area contributed by atoms with Crippen LogP contribution < -0.4 is 0 Å². The first-order valence-electron chi connectivity index (χ1n) is 12.1. The van der Waals surface area contributed by atoms with Gasteiger partial charge in [0.05, 0.1) is 0 Å². The van der Waals surface area contributed by atoms with E-state index in [1.54, 1.807) is 6.92 Å². The highest BCUT2D eigenvalue weighted by atomic mass is 16.6. The molecular formula is C26H42N2O4. The maximum atomic E-state index is 13.1. The Hall–Kier alpha value is -1.92. The molecule has 0 bridgehead atoms. The molecule has 0 N–H and O–H groups in total. The van der Waals surface area contributed by atoms with Crippen LogP contribution >= 0.6 is 0 Å². The second-order valence-corrected chi connectivity index (χ2v) is 9.66. The average molecular weight is 447 g/mol. The van der Waals surface area contributed by atoms with Crippen LogP contribution in [0.3, 0.4) is 0 Å². The van der Waals surface area contributed by atoms with E-state index in [1.165, 1.54) is 0 Å². The summed E-state index contributed by atoms with van der Waals surface area (Å²) in [5.74, 6) is -0.180. The van der Waals surface area contributed by atoms with E-state index in [-0.39, 0.29) is 18.5 Å². The zero-order valence-corrected chi connectivity index (χ0v) is 20.7. The summed E-state index contributed by atoms with van der Waals surface area (Å²) in [5, 5.41) is 0. The number of ether oxygens (including phenoxy) is 2. The zero-order valence-electron chi connectivity index (χ0n) is 20.7. The Kier molecular flexibility index (Phi) is 10.2. The lowest BCUT2D eigenvalue weighted by Crippen LogP contribution is -2.52. The van der Waals surface area contributed by atoms with Gasteiger partial charge >= 0.3 is 5.97 Å². The fourth-order valence-electron chi connectivity index (χ4n) is 4.14. The van der Waals surface area contributed by atoms with Gasteiger partial charge < -0.3 is 14.4 Å². The van der Waals surface area contributed by atoms with Gasteiger partial charge in [0.25, 0.3) is 0 Å². The van der Waals surface area contributed by atoms with E-state index in [1.807, 2.05) is 56.0 Å². The minimum atomic E-state index is -1.01. The molecule has 0 radical (unpaired) electrons. The zero-order chi connectivity index (χ0) is 23.6. The lowest BCUT2D eigenvalue weighted by atomic mass is 9.87. The van der Waals surface area contributed by atoms with Crippen LogP contribution in [0, 0.1) is 5.41 Å². The van der Waals surface area contributed by atoms with Crippen LogP contribution in [0.25, 0.3) is 0 Å². The van der Waals surface area contributed by atoms with Crippen molar-refractivity contribution in [2.45, 2.75) is 72.5 Å². The smallest absolute Gasteiger partial charge is 0.338 e. The van der Waals surface area contributed by atoms with E-state index in [0.29, 0.717) is 19.4 Å². The first kappa shape index (κ1) is 26.3. The quantitative estimate of drug-likeness (QED) is 0.449. The standard InChI is InChI=1S/C26H42N2O4/c1-6-13-26(5,24(30)31-21-22-11-9-8-10-12-22)32-20-14-25(3,4)23(29)28-18-16-27(15-7-2)17-19-28/h8-12H,6-7,13-21H2,1-5H3. The number of carbonyl (C=O) groups excluding carboxylic acids is 2. The molecule has 1 fully saturated rings. The molecule has 1 aliphatic rings. The minimum Gasteiger partial charge on any atom is -0.459 e. The fraction of sp³-hybridized carbons (Fsp3) is 0.692. The minimum absolute atomic E-state index is 0.168. The number of piperazine rings is 1. The number of carbonyl (C=O) groups is 2. The molecule has 1 atom stereocenters. The Morgan fingerprint density at radius 1 is 0.938 bits per heavy atom. The molecular weight excluding hydrogens is 404 g/mol. The lowest BCUT2D eigenvalue weighted by Gasteiger charge is -2.39. The normalized spacial score (nSPS) is 17.1. The first-order valence-corrected chi connectivity index (χ1v) is 12.1. The summed E-state index contributed by atoms with van der Waals surface area (Å²) < 4.78 is 11.6. The second kappa shape index (κ2) is 12.4. The predicted octanol–water partition coefficient (Wildman–Crippen LogP) is 4.28. The van der Waals surface area contributed by atoms with Gasteiger partial charge in [0.1, 0.15) is 6.61 Å². The third-order valence-corrected chi connectivity index (χ3v) is 6.30.